The highest BCUT2D eigenvalue weighted by Gasteiger charge is 2.50. The van der Waals surface area contributed by atoms with E-state index in [9.17, 15) is 14.3 Å². The molecule has 1 amide bonds. The number of likely N-dealkylation sites (tertiary alicyclic amines) is 1. The Balaban J connectivity index is 1.39. The Bertz CT molecular complexity index is 1370. The SMILES string of the molecule is O=C(c1nc(-c2ccc(F)cc2)c2cnccn12)N1CCC(O)(c2ccccc2)[C@@H]2CCCC[C@@H]21. The molecule has 0 bridgehead atoms. The average Bonchev–Trinajstić information content (AvgIpc) is 3.29. The molecule has 1 saturated carbocycles. The summed E-state index contributed by atoms with van der Waals surface area (Å²) in [5, 5.41) is 11.9. The second-order valence-corrected chi connectivity index (χ2v) is 9.62. The van der Waals surface area contributed by atoms with Crippen LogP contribution in [0.15, 0.2) is 73.2 Å². The van der Waals surface area contributed by atoms with Crippen molar-refractivity contribution in [1.82, 2.24) is 19.3 Å². The lowest BCUT2D eigenvalue weighted by Crippen LogP contribution is -2.59. The van der Waals surface area contributed by atoms with E-state index in [2.05, 4.69) is 4.98 Å². The number of halogens is 1. The molecule has 1 saturated heterocycles. The number of carbonyl (C=O) groups is 1. The number of rotatable bonds is 3. The molecular weight excluding hydrogens is 443 g/mol. The Kier molecular flexibility index (Phi) is 5.37. The molecule has 3 heterocycles. The summed E-state index contributed by atoms with van der Waals surface area (Å²) < 4.78 is 15.3. The number of nitrogens with zero attached hydrogens (tertiary/aromatic N) is 4. The van der Waals surface area contributed by atoms with Crippen LogP contribution < -0.4 is 0 Å². The number of aromatic nitrogens is 3. The van der Waals surface area contributed by atoms with Crippen LogP contribution in [0.2, 0.25) is 0 Å². The molecule has 178 valence electrons. The van der Waals surface area contributed by atoms with Gasteiger partial charge in [-0.2, -0.15) is 0 Å². The number of benzene rings is 2. The molecule has 0 radical (unpaired) electrons. The van der Waals surface area contributed by atoms with Crippen molar-refractivity contribution in [3.05, 3.63) is 90.4 Å². The highest BCUT2D eigenvalue weighted by molar-refractivity contribution is 5.94. The molecule has 2 aliphatic rings. The van der Waals surface area contributed by atoms with Gasteiger partial charge in [0.1, 0.15) is 5.82 Å². The van der Waals surface area contributed by atoms with Gasteiger partial charge in [-0.15, -0.1) is 0 Å². The molecule has 0 spiro atoms. The number of carbonyl (C=O) groups excluding carboxylic acids is 1. The fraction of sp³-hybridized carbons (Fsp3) is 0.321. The van der Waals surface area contributed by atoms with E-state index in [0.29, 0.717) is 30.0 Å². The molecule has 7 heteroatoms. The monoisotopic (exact) mass is 470 g/mol. The zero-order valence-corrected chi connectivity index (χ0v) is 19.3. The Morgan fingerprint density at radius 2 is 1.83 bits per heavy atom. The smallest absolute Gasteiger partial charge is 0.290 e. The van der Waals surface area contributed by atoms with Crippen LogP contribution in [-0.4, -0.2) is 42.9 Å². The lowest BCUT2D eigenvalue weighted by molar-refractivity contribution is -0.110. The van der Waals surface area contributed by atoms with Gasteiger partial charge in [-0.05, 0) is 49.1 Å². The van der Waals surface area contributed by atoms with Crippen LogP contribution >= 0.6 is 0 Å². The maximum Gasteiger partial charge on any atom is 0.290 e. The first-order chi connectivity index (χ1) is 17.1. The number of imidazole rings is 1. The van der Waals surface area contributed by atoms with Crippen LogP contribution in [0, 0.1) is 11.7 Å². The second kappa shape index (κ2) is 8.57. The number of aliphatic hydroxyl groups is 1. The fourth-order valence-corrected chi connectivity index (χ4v) is 6.06. The van der Waals surface area contributed by atoms with Gasteiger partial charge in [-0.1, -0.05) is 43.2 Å². The van der Waals surface area contributed by atoms with Crippen LogP contribution in [0.5, 0.6) is 0 Å². The summed E-state index contributed by atoms with van der Waals surface area (Å²) >= 11 is 0. The summed E-state index contributed by atoms with van der Waals surface area (Å²) in [7, 11) is 0. The van der Waals surface area contributed by atoms with Gasteiger partial charge in [0.15, 0.2) is 0 Å². The van der Waals surface area contributed by atoms with Crippen molar-refractivity contribution in [3.8, 4) is 11.3 Å². The van der Waals surface area contributed by atoms with Crippen molar-refractivity contribution < 1.29 is 14.3 Å². The standard InChI is InChI=1S/C28H27FN4O2/c29-21-12-10-19(11-13-21)25-24-18-30-15-17-32(24)26(31-25)27(34)33-16-14-28(35,20-6-2-1-3-7-20)22-8-4-5-9-23(22)33/h1-3,6-7,10-13,15,17-18,22-23,35H,4-5,8-9,14,16H2/t22-,23+,28?/m1/s1. The van der Waals surface area contributed by atoms with Gasteiger partial charge < -0.3 is 10.0 Å². The van der Waals surface area contributed by atoms with Gasteiger partial charge in [0, 0.05) is 36.5 Å². The molecule has 2 aromatic heterocycles. The summed E-state index contributed by atoms with van der Waals surface area (Å²) in [5.74, 6) is -0.183. The molecule has 3 atom stereocenters. The van der Waals surface area contributed by atoms with Crippen molar-refractivity contribution in [2.24, 2.45) is 5.92 Å². The fourth-order valence-electron chi connectivity index (χ4n) is 6.06. The van der Waals surface area contributed by atoms with E-state index in [-0.39, 0.29) is 23.7 Å². The predicted molar refractivity (Wildman–Crippen MR) is 130 cm³/mol. The Morgan fingerprint density at radius 3 is 2.63 bits per heavy atom. The maximum absolute atomic E-state index is 14.0. The molecule has 6 rings (SSSR count). The highest BCUT2D eigenvalue weighted by Crippen LogP contribution is 2.47. The third-order valence-electron chi connectivity index (χ3n) is 7.77. The first-order valence-corrected chi connectivity index (χ1v) is 12.2. The number of hydrogen-bond acceptors (Lipinski definition) is 4. The molecule has 35 heavy (non-hydrogen) atoms. The molecule has 1 unspecified atom stereocenters. The van der Waals surface area contributed by atoms with Crippen LogP contribution in [0.3, 0.4) is 0 Å². The lowest BCUT2D eigenvalue weighted by atomic mass is 9.66. The molecule has 1 aliphatic carbocycles. The van der Waals surface area contributed by atoms with Gasteiger partial charge in [0.25, 0.3) is 5.91 Å². The van der Waals surface area contributed by atoms with Gasteiger partial charge in [-0.3, -0.25) is 14.2 Å². The molecule has 6 nitrogen and oxygen atoms in total. The minimum atomic E-state index is -0.943. The number of hydrogen-bond donors (Lipinski definition) is 1. The van der Waals surface area contributed by atoms with E-state index in [1.165, 1.54) is 12.1 Å². The number of amides is 1. The Labute approximate surface area is 203 Å². The normalized spacial score (nSPS) is 24.3. The van der Waals surface area contributed by atoms with Gasteiger partial charge >= 0.3 is 0 Å². The summed E-state index contributed by atoms with van der Waals surface area (Å²) in [5.41, 5.74) is 2.00. The summed E-state index contributed by atoms with van der Waals surface area (Å²) in [4.78, 5) is 24.9. The molecule has 2 fully saturated rings. The Morgan fingerprint density at radius 1 is 1.06 bits per heavy atom. The van der Waals surface area contributed by atoms with E-state index in [1.54, 1.807) is 35.1 Å². The molecule has 2 aromatic carbocycles. The maximum atomic E-state index is 14.0. The predicted octanol–water partition coefficient (Wildman–Crippen LogP) is 4.83. The number of piperidine rings is 1. The van der Waals surface area contributed by atoms with Crippen molar-refractivity contribution in [2.45, 2.75) is 43.7 Å². The van der Waals surface area contributed by atoms with Crippen molar-refractivity contribution in [2.75, 3.05) is 6.54 Å². The van der Waals surface area contributed by atoms with Crippen LogP contribution in [-0.2, 0) is 5.60 Å². The van der Waals surface area contributed by atoms with E-state index in [4.69, 9.17) is 4.98 Å². The summed E-state index contributed by atoms with van der Waals surface area (Å²) in [6, 6.07) is 15.9. The van der Waals surface area contributed by atoms with Crippen LogP contribution in [0.1, 0.15) is 48.3 Å². The Hall–Kier alpha value is -3.58. The molecule has 1 aliphatic heterocycles. The third kappa shape index (κ3) is 3.62. The van der Waals surface area contributed by atoms with Crippen molar-refractivity contribution >= 4 is 11.4 Å². The summed E-state index contributed by atoms with van der Waals surface area (Å²) in [6.45, 7) is 0.456. The zero-order valence-electron chi connectivity index (χ0n) is 19.3. The second-order valence-electron chi connectivity index (χ2n) is 9.62. The number of fused-ring (bicyclic) bond motifs is 2. The molecule has 1 N–H and O–H groups in total. The minimum absolute atomic E-state index is 0.0270. The van der Waals surface area contributed by atoms with E-state index < -0.39 is 5.60 Å². The van der Waals surface area contributed by atoms with E-state index >= 15 is 0 Å². The molecule has 4 aromatic rings. The van der Waals surface area contributed by atoms with Crippen LogP contribution in [0.25, 0.3) is 16.8 Å². The first-order valence-electron chi connectivity index (χ1n) is 12.2. The van der Waals surface area contributed by atoms with Gasteiger partial charge in [0.05, 0.1) is 23.0 Å². The average molecular weight is 471 g/mol. The first kappa shape index (κ1) is 21.9. The topological polar surface area (TPSA) is 70.7 Å². The lowest BCUT2D eigenvalue weighted by Gasteiger charge is -2.52. The van der Waals surface area contributed by atoms with E-state index in [0.717, 1.165) is 36.8 Å². The highest BCUT2D eigenvalue weighted by atomic mass is 19.1. The van der Waals surface area contributed by atoms with Gasteiger partial charge in [0.2, 0.25) is 5.82 Å². The summed E-state index contributed by atoms with van der Waals surface area (Å²) in [6.07, 6.45) is 9.36. The zero-order chi connectivity index (χ0) is 24.0. The van der Waals surface area contributed by atoms with E-state index in [1.807, 2.05) is 35.2 Å². The third-order valence-corrected chi connectivity index (χ3v) is 7.77. The minimum Gasteiger partial charge on any atom is -0.385 e. The quantitative estimate of drug-likeness (QED) is 0.466. The van der Waals surface area contributed by atoms with Crippen LogP contribution in [0.4, 0.5) is 4.39 Å². The largest absolute Gasteiger partial charge is 0.385 e. The van der Waals surface area contributed by atoms with Gasteiger partial charge in [-0.25, -0.2) is 9.37 Å². The van der Waals surface area contributed by atoms with Crippen molar-refractivity contribution in [1.29, 1.82) is 0 Å². The molecular formula is C28H27FN4O2. The van der Waals surface area contributed by atoms with Crippen molar-refractivity contribution in [3.63, 3.8) is 0 Å².